The SMILES string of the molecule is Cc1cccc(C)c1-n1c2ccccc2c2c(-c3ccc4c(c3)c3ccccc3n4-c3ccccc3)ccc(-c3cc(-c4ccccc4)nc(-c4ccccc4)n3)c21. The molecule has 0 amide bonds. The first-order chi connectivity index (χ1) is 28.6. The molecule has 0 atom stereocenters. The van der Waals surface area contributed by atoms with Crippen LogP contribution in [0.2, 0.25) is 0 Å². The molecule has 0 aliphatic heterocycles. The van der Waals surface area contributed by atoms with Crippen molar-refractivity contribution in [3.63, 3.8) is 0 Å². The molecule has 8 aromatic carbocycles. The van der Waals surface area contributed by atoms with Crippen LogP contribution in [0.25, 0.3) is 100 Å². The van der Waals surface area contributed by atoms with Crippen LogP contribution in [0, 0.1) is 13.8 Å². The van der Waals surface area contributed by atoms with Gasteiger partial charge in [0.2, 0.25) is 0 Å². The number of aromatic nitrogens is 4. The number of benzene rings is 8. The van der Waals surface area contributed by atoms with E-state index in [1.807, 2.05) is 24.3 Å². The number of hydrogen-bond acceptors (Lipinski definition) is 2. The predicted molar refractivity (Wildman–Crippen MR) is 242 cm³/mol. The minimum absolute atomic E-state index is 0.698. The molecule has 0 saturated heterocycles. The highest BCUT2D eigenvalue weighted by atomic mass is 15.0. The summed E-state index contributed by atoms with van der Waals surface area (Å²) in [6, 6.07) is 69.3. The molecule has 11 aromatic rings. The van der Waals surface area contributed by atoms with Crippen molar-refractivity contribution in [2.45, 2.75) is 13.8 Å². The van der Waals surface area contributed by atoms with Crippen LogP contribution in [-0.4, -0.2) is 19.1 Å². The first-order valence-corrected chi connectivity index (χ1v) is 19.8. The van der Waals surface area contributed by atoms with Crippen molar-refractivity contribution < 1.29 is 0 Å². The van der Waals surface area contributed by atoms with E-state index in [9.17, 15) is 0 Å². The Kier molecular flexibility index (Phi) is 7.90. The molecule has 0 radical (unpaired) electrons. The van der Waals surface area contributed by atoms with Gasteiger partial charge in [0.05, 0.1) is 39.1 Å². The van der Waals surface area contributed by atoms with Crippen LogP contribution in [0.5, 0.6) is 0 Å². The molecule has 0 spiro atoms. The van der Waals surface area contributed by atoms with Gasteiger partial charge < -0.3 is 9.13 Å². The average molecular weight is 743 g/mol. The number of fused-ring (bicyclic) bond motifs is 6. The lowest BCUT2D eigenvalue weighted by Gasteiger charge is -2.18. The number of para-hydroxylation sites is 4. The molecule has 4 heteroatoms. The van der Waals surface area contributed by atoms with Gasteiger partial charge in [-0.2, -0.15) is 0 Å². The lowest BCUT2D eigenvalue weighted by atomic mass is 9.94. The van der Waals surface area contributed by atoms with Crippen molar-refractivity contribution in [1.82, 2.24) is 19.1 Å². The summed E-state index contributed by atoms with van der Waals surface area (Å²) in [7, 11) is 0. The van der Waals surface area contributed by atoms with Crippen molar-refractivity contribution in [3.05, 3.63) is 205 Å². The molecule has 274 valence electrons. The lowest BCUT2D eigenvalue weighted by molar-refractivity contribution is 1.12. The second-order valence-corrected chi connectivity index (χ2v) is 15.1. The van der Waals surface area contributed by atoms with Gasteiger partial charge >= 0.3 is 0 Å². The normalized spacial score (nSPS) is 11.6. The van der Waals surface area contributed by atoms with Gasteiger partial charge in [-0.3, -0.25) is 0 Å². The first-order valence-electron chi connectivity index (χ1n) is 19.8. The van der Waals surface area contributed by atoms with Crippen molar-refractivity contribution >= 4 is 43.6 Å². The monoisotopic (exact) mass is 742 g/mol. The van der Waals surface area contributed by atoms with Gasteiger partial charge in [-0.1, -0.05) is 152 Å². The van der Waals surface area contributed by atoms with Crippen LogP contribution >= 0.6 is 0 Å². The summed E-state index contributed by atoms with van der Waals surface area (Å²) < 4.78 is 4.87. The number of aryl methyl sites for hydroxylation is 2. The fourth-order valence-corrected chi connectivity index (χ4v) is 8.99. The smallest absolute Gasteiger partial charge is 0.160 e. The maximum atomic E-state index is 5.38. The summed E-state index contributed by atoms with van der Waals surface area (Å²) in [6.45, 7) is 4.43. The van der Waals surface area contributed by atoms with E-state index in [1.165, 1.54) is 60.5 Å². The Morgan fingerprint density at radius 1 is 0.379 bits per heavy atom. The molecule has 0 aliphatic rings. The fourth-order valence-electron chi connectivity index (χ4n) is 8.99. The molecule has 0 bridgehead atoms. The molecule has 58 heavy (non-hydrogen) atoms. The molecule has 0 saturated carbocycles. The zero-order chi connectivity index (χ0) is 38.7. The zero-order valence-corrected chi connectivity index (χ0v) is 32.3. The minimum atomic E-state index is 0.698. The van der Waals surface area contributed by atoms with E-state index in [-0.39, 0.29) is 0 Å². The topological polar surface area (TPSA) is 35.6 Å². The standard InChI is InChI=1S/C54H38N4/c1-35-17-16-18-36(2)52(35)58-49-28-15-13-26-44(49)51-41(39-29-32-50-45(33-39)42-25-12-14-27-48(42)57(50)40-23-10-5-11-24-40)30-31-43(53(51)58)47-34-46(37-19-6-3-7-20-37)55-54(56-47)38-21-8-4-9-22-38/h3-34H,1-2H3. The van der Waals surface area contributed by atoms with Gasteiger partial charge in [-0.25, -0.2) is 9.97 Å². The second kappa shape index (κ2) is 13.6. The van der Waals surface area contributed by atoms with Gasteiger partial charge in [0.1, 0.15) is 0 Å². The molecule has 0 N–H and O–H groups in total. The van der Waals surface area contributed by atoms with Gasteiger partial charge in [0.25, 0.3) is 0 Å². The molecule has 11 rings (SSSR count). The average Bonchev–Trinajstić information content (AvgIpc) is 3.80. The maximum Gasteiger partial charge on any atom is 0.160 e. The molecule has 3 aromatic heterocycles. The summed E-state index contributed by atoms with van der Waals surface area (Å²) in [4.78, 5) is 10.5. The molecular weight excluding hydrogens is 705 g/mol. The van der Waals surface area contributed by atoms with E-state index in [0.29, 0.717) is 5.82 Å². The third-order valence-electron chi connectivity index (χ3n) is 11.6. The van der Waals surface area contributed by atoms with E-state index >= 15 is 0 Å². The highest BCUT2D eigenvalue weighted by Crippen LogP contribution is 2.45. The van der Waals surface area contributed by atoms with E-state index in [4.69, 9.17) is 9.97 Å². The van der Waals surface area contributed by atoms with Crippen LogP contribution in [0.4, 0.5) is 0 Å². The second-order valence-electron chi connectivity index (χ2n) is 15.1. The molecule has 0 unspecified atom stereocenters. The van der Waals surface area contributed by atoms with Gasteiger partial charge in [0.15, 0.2) is 5.82 Å². The van der Waals surface area contributed by atoms with E-state index < -0.39 is 0 Å². The molecule has 0 fully saturated rings. The molecule has 4 nitrogen and oxygen atoms in total. The third-order valence-corrected chi connectivity index (χ3v) is 11.6. The van der Waals surface area contributed by atoms with E-state index in [2.05, 4.69) is 193 Å². The Balaban J connectivity index is 1.25. The Morgan fingerprint density at radius 2 is 0.948 bits per heavy atom. The van der Waals surface area contributed by atoms with Crippen LogP contribution in [0.1, 0.15) is 11.1 Å². The maximum absolute atomic E-state index is 5.38. The Hall–Kier alpha value is -7.56. The fraction of sp³-hybridized carbons (Fsp3) is 0.0370. The molecular formula is C54H38N4. The van der Waals surface area contributed by atoms with Crippen molar-refractivity contribution in [3.8, 4) is 56.4 Å². The van der Waals surface area contributed by atoms with Crippen LogP contribution < -0.4 is 0 Å². The minimum Gasteiger partial charge on any atom is -0.309 e. The van der Waals surface area contributed by atoms with Crippen LogP contribution in [0.15, 0.2) is 194 Å². The summed E-state index contributed by atoms with van der Waals surface area (Å²) >= 11 is 0. The molecule has 0 aliphatic carbocycles. The predicted octanol–water partition coefficient (Wildman–Crippen LogP) is 14.0. The Labute approximate surface area is 337 Å². The zero-order valence-electron chi connectivity index (χ0n) is 32.3. The number of nitrogens with zero attached hydrogens (tertiary/aromatic N) is 4. The summed E-state index contributed by atoms with van der Waals surface area (Å²) in [6.07, 6.45) is 0. The Bertz CT molecular complexity index is 3260. The summed E-state index contributed by atoms with van der Waals surface area (Å²) in [5, 5.41) is 4.85. The first kappa shape index (κ1) is 33.8. The highest BCUT2D eigenvalue weighted by molar-refractivity contribution is 6.20. The lowest BCUT2D eigenvalue weighted by Crippen LogP contribution is -2.02. The van der Waals surface area contributed by atoms with Crippen molar-refractivity contribution in [2.75, 3.05) is 0 Å². The molecule has 3 heterocycles. The summed E-state index contributed by atoms with van der Waals surface area (Å²) in [5.41, 5.74) is 16.6. The van der Waals surface area contributed by atoms with Crippen LogP contribution in [-0.2, 0) is 0 Å². The third kappa shape index (κ3) is 5.37. The summed E-state index contributed by atoms with van der Waals surface area (Å²) in [5.74, 6) is 0.698. The van der Waals surface area contributed by atoms with Gasteiger partial charge in [-0.05, 0) is 78.6 Å². The number of rotatable bonds is 6. The highest BCUT2D eigenvalue weighted by Gasteiger charge is 2.24. The quantitative estimate of drug-likeness (QED) is 0.170. The van der Waals surface area contributed by atoms with Gasteiger partial charge in [0, 0.05) is 43.9 Å². The Morgan fingerprint density at radius 3 is 1.67 bits per heavy atom. The van der Waals surface area contributed by atoms with Crippen molar-refractivity contribution in [1.29, 1.82) is 0 Å². The van der Waals surface area contributed by atoms with Crippen LogP contribution in [0.3, 0.4) is 0 Å². The largest absolute Gasteiger partial charge is 0.309 e. The van der Waals surface area contributed by atoms with E-state index in [0.717, 1.165) is 44.8 Å². The van der Waals surface area contributed by atoms with Crippen molar-refractivity contribution in [2.24, 2.45) is 0 Å². The number of hydrogen-bond donors (Lipinski definition) is 0. The van der Waals surface area contributed by atoms with E-state index in [1.54, 1.807) is 0 Å². The van der Waals surface area contributed by atoms with Gasteiger partial charge in [-0.15, -0.1) is 0 Å².